The Balaban J connectivity index is 1.08. The number of benzene rings is 8. The Morgan fingerprint density at radius 2 is 0.981 bits per heavy atom. The molecule has 10 aromatic rings. The van der Waals surface area contributed by atoms with Gasteiger partial charge >= 0.3 is 0 Å². The Bertz CT molecular complexity index is 3070. The average molecular weight is 678 g/mol. The van der Waals surface area contributed by atoms with Crippen molar-refractivity contribution in [2.75, 3.05) is 0 Å². The van der Waals surface area contributed by atoms with Crippen LogP contribution in [0, 0.1) is 0 Å². The van der Waals surface area contributed by atoms with Crippen LogP contribution in [0.5, 0.6) is 0 Å². The number of hydrogen-bond acceptors (Lipinski definition) is 1. The van der Waals surface area contributed by atoms with Crippen LogP contribution >= 0.6 is 0 Å². The predicted octanol–water partition coefficient (Wildman–Crippen LogP) is 14.0. The first-order valence-corrected chi connectivity index (χ1v) is 18.4. The molecular formula is C51H35NO. The van der Waals surface area contributed by atoms with Crippen molar-refractivity contribution in [3.8, 4) is 50.2 Å². The minimum atomic E-state index is -0.0971. The van der Waals surface area contributed by atoms with E-state index in [1.807, 2.05) is 0 Å². The lowest BCUT2D eigenvalue weighted by atomic mass is 9.82. The number of aromatic nitrogens is 1. The minimum Gasteiger partial charge on any atom is -0.453 e. The lowest BCUT2D eigenvalue weighted by Crippen LogP contribution is -2.14. The summed E-state index contributed by atoms with van der Waals surface area (Å²) in [6.45, 7) is 4.71. The largest absolute Gasteiger partial charge is 0.453 e. The Hall–Kier alpha value is -6.64. The van der Waals surface area contributed by atoms with Gasteiger partial charge in [-0.1, -0.05) is 159 Å². The van der Waals surface area contributed by atoms with Crippen molar-refractivity contribution in [2.24, 2.45) is 0 Å². The molecule has 250 valence electrons. The smallest absolute Gasteiger partial charge is 0.159 e. The second kappa shape index (κ2) is 11.2. The zero-order chi connectivity index (χ0) is 35.3. The van der Waals surface area contributed by atoms with E-state index >= 15 is 0 Å². The summed E-state index contributed by atoms with van der Waals surface area (Å²) in [5, 5.41) is 4.74. The third kappa shape index (κ3) is 4.39. The van der Waals surface area contributed by atoms with Crippen molar-refractivity contribution in [1.82, 2.24) is 4.57 Å². The predicted molar refractivity (Wildman–Crippen MR) is 222 cm³/mol. The van der Waals surface area contributed by atoms with Crippen LogP contribution < -0.4 is 0 Å². The van der Waals surface area contributed by atoms with Gasteiger partial charge in [-0.15, -0.1) is 0 Å². The standard InChI is InChI=1S/C51H35NO/c1-51(2)44-22-8-6-17-38(44)42-30-43-39-18-7-9-23-46(39)52(48(43)31-45(42)51)47-24-12-21-41-40-20-11-19-37(49(40)53-50(41)47)36-16-10-15-35(29-36)34-27-25-33(26-28-34)32-13-4-3-5-14-32/h3-31H,1-2H3. The molecule has 0 amide bonds. The Morgan fingerprint density at radius 3 is 1.83 bits per heavy atom. The van der Waals surface area contributed by atoms with Crippen LogP contribution in [-0.4, -0.2) is 4.57 Å². The monoisotopic (exact) mass is 677 g/mol. The molecule has 11 rings (SSSR count). The maximum absolute atomic E-state index is 7.06. The summed E-state index contributed by atoms with van der Waals surface area (Å²) >= 11 is 0. The fourth-order valence-electron chi connectivity index (χ4n) is 8.98. The topological polar surface area (TPSA) is 18.1 Å². The Kier molecular flexibility index (Phi) is 6.33. The molecule has 2 heterocycles. The second-order valence-electron chi connectivity index (χ2n) is 14.9. The van der Waals surface area contributed by atoms with Gasteiger partial charge in [-0.25, -0.2) is 0 Å². The zero-order valence-corrected chi connectivity index (χ0v) is 29.6. The van der Waals surface area contributed by atoms with Crippen molar-refractivity contribution in [3.63, 3.8) is 0 Å². The number of rotatable bonds is 4. The number of para-hydroxylation sites is 3. The number of hydrogen-bond donors (Lipinski definition) is 0. The molecule has 0 spiro atoms. The van der Waals surface area contributed by atoms with E-state index in [1.54, 1.807) is 0 Å². The fraction of sp³-hybridized carbons (Fsp3) is 0.0588. The van der Waals surface area contributed by atoms with Gasteiger partial charge in [-0.2, -0.15) is 0 Å². The van der Waals surface area contributed by atoms with E-state index in [2.05, 4.69) is 194 Å². The van der Waals surface area contributed by atoms with Gasteiger partial charge in [0.15, 0.2) is 5.58 Å². The first kappa shape index (κ1) is 30.0. The molecule has 0 atom stereocenters. The third-order valence-corrected chi connectivity index (χ3v) is 11.6. The highest BCUT2D eigenvalue weighted by Crippen LogP contribution is 2.51. The van der Waals surface area contributed by atoms with Crippen LogP contribution in [0.4, 0.5) is 0 Å². The van der Waals surface area contributed by atoms with E-state index in [0.29, 0.717) is 0 Å². The summed E-state index contributed by atoms with van der Waals surface area (Å²) in [6.07, 6.45) is 0. The third-order valence-electron chi connectivity index (χ3n) is 11.6. The maximum atomic E-state index is 7.06. The second-order valence-corrected chi connectivity index (χ2v) is 14.9. The van der Waals surface area contributed by atoms with Crippen molar-refractivity contribution < 1.29 is 4.42 Å². The summed E-state index contributed by atoms with van der Waals surface area (Å²) < 4.78 is 9.49. The van der Waals surface area contributed by atoms with Crippen LogP contribution in [0.2, 0.25) is 0 Å². The molecule has 0 bridgehead atoms. The molecule has 8 aromatic carbocycles. The van der Waals surface area contributed by atoms with Crippen molar-refractivity contribution >= 4 is 43.7 Å². The van der Waals surface area contributed by atoms with Gasteiger partial charge in [0, 0.05) is 32.5 Å². The molecule has 2 aromatic heterocycles. The molecule has 0 radical (unpaired) electrons. The summed E-state index contributed by atoms with van der Waals surface area (Å²) in [7, 11) is 0. The number of fused-ring (bicyclic) bond motifs is 9. The molecule has 53 heavy (non-hydrogen) atoms. The van der Waals surface area contributed by atoms with Gasteiger partial charge in [0.2, 0.25) is 0 Å². The lowest BCUT2D eigenvalue weighted by Gasteiger charge is -2.21. The first-order valence-electron chi connectivity index (χ1n) is 18.4. The van der Waals surface area contributed by atoms with Gasteiger partial charge < -0.3 is 8.98 Å². The van der Waals surface area contributed by atoms with E-state index in [-0.39, 0.29) is 5.41 Å². The maximum Gasteiger partial charge on any atom is 0.159 e. The van der Waals surface area contributed by atoms with Crippen LogP contribution in [0.25, 0.3) is 93.9 Å². The molecule has 0 unspecified atom stereocenters. The number of furan rings is 1. The molecule has 2 nitrogen and oxygen atoms in total. The molecule has 0 aliphatic heterocycles. The molecule has 2 heteroatoms. The first-order chi connectivity index (χ1) is 26.0. The van der Waals surface area contributed by atoms with Gasteiger partial charge in [0.25, 0.3) is 0 Å². The fourth-order valence-corrected chi connectivity index (χ4v) is 8.98. The van der Waals surface area contributed by atoms with Crippen LogP contribution in [0.1, 0.15) is 25.0 Å². The van der Waals surface area contributed by atoms with Crippen LogP contribution in [0.15, 0.2) is 180 Å². The summed E-state index contributed by atoms with van der Waals surface area (Å²) in [4.78, 5) is 0. The minimum absolute atomic E-state index is 0.0971. The van der Waals surface area contributed by atoms with Crippen LogP contribution in [-0.2, 0) is 5.41 Å². The van der Waals surface area contributed by atoms with E-state index in [1.165, 1.54) is 66.3 Å². The lowest BCUT2D eigenvalue weighted by molar-refractivity contribution is 0.660. The van der Waals surface area contributed by atoms with E-state index in [0.717, 1.165) is 38.8 Å². The Morgan fingerprint density at radius 1 is 0.377 bits per heavy atom. The Labute approximate surface area is 308 Å². The van der Waals surface area contributed by atoms with E-state index in [9.17, 15) is 0 Å². The molecule has 1 aliphatic rings. The molecular weight excluding hydrogens is 643 g/mol. The quantitative estimate of drug-likeness (QED) is 0.181. The number of nitrogens with zero attached hydrogens (tertiary/aromatic N) is 1. The highest BCUT2D eigenvalue weighted by Gasteiger charge is 2.36. The van der Waals surface area contributed by atoms with Gasteiger partial charge in [-0.3, -0.25) is 0 Å². The van der Waals surface area contributed by atoms with Crippen molar-refractivity contribution in [1.29, 1.82) is 0 Å². The molecule has 0 saturated heterocycles. The van der Waals surface area contributed by atoms with E-state index < -0.39 is 0 Å². The summed E-state index contributed by atoms with van der Waals surface area (Å²) in [5.41, 5.74) is 17.6. The molecule has 1 aliphatic carbocycles. The summed E-state index contributed by atoms with van der Waals surface area (Å²) in [6, 6.07) is 63.9. The highest BCUT2D eigenvalue weighted by atomic mass is 16.3. The molecule has 0 N–H and O–H groups in total. The van der Waals surface area contributed by atoms with Crippen molar-refractivity contribution in [3.05, 3.63) is 187 Å². The summed E-state index contributed by atoms with van der Waals surface area (Å²) in [5.74, 6) is 0. The SMILES string of the molecule is CC1(C)c2ccccc2-c2cc3c4ccccc4n(-c4cccc5c4oc4c(-c6cccc(-c7ccc(-c8ccccc8)cc7)c6)cccc45)c3cc21. The van der Waals surface area contributed by atoms with Gasteiger partial charge in [0.05, 0.1) is 16.7 Å². The van der Waals surface area contributed by atoms with Gasteiger partial charge in [0.1, 0.15) is 5.58 Å². The molecule has 0 saturated carbocycles. The molecule has 0 fully saturated rings. The van der Waals surface area contributed by atoms with Gasteiger partial charge in [-0.05, 0) is 80.4 Å². The normalized spacial score (nSPS) is 13.2. The van der Waals surface area contributed by atoms with Crippen LogP contribution in [0.3, 0.4) is 0 Å². The highest BCUT2D eigenvalue weighted by molar-refractivity contribution is 6.15. The van der Waals surface area contributed by atoms with E-state index in [4.69, 9.17) is 4.42 Å². The average Bonchev–Trinajstić information content (AvgIpc) is 3.83. The zero-order valence-electron chi connectivity index (χ0n) is 29.6. The van der Waals surface area contributed by atoms with Crippen molar-refractivity contribution in [2.45, 2.75) is 19.3 Å².